The minimum Gasteiger partial charge on any atom is -1.00 e. The van der Waals surface area contributed by atoms with Crippen LogP contribution >= 0.6 is 0 Å². The zero-order chi connectivity index (χ0) is 46.1. The van der Waals surface area contributed by atoms with Gasteiger partial charge < -0.3 is 46.1 Å². The second-order valence-electron chi connectivity index (χ2n) is 15.1. The molecule has 8 aromatic rings. The van der Waals surface area contributed by atoms with Crippen molar-refractivity contribution in [2.75, 3.05) is 21.3 Å². The molecule has 6 aromatic carbocycles. The fourth-order valence-corrected chi connectivity index (χ4v) is 7.59. The number of nitrogens with zero attached hydrogens (tertiary/aromatic N) is 10. The maximum Gasteiger partial charge on any atom is 2.00 e. The second-order valence-corrected chi connectivity index (χ2v) is 15.1. The van der Waals surface area contributed by atoms with Gasteiger partial charge in [-0.2, -0.15) is 29.9 Å². The molecule has 0 saturated carbocycles. The standard InChI is InChI=1S/2C25H15N7O2.2ClH.Co/c2*33-22-19(15-10-4-6-12-17(15)26-22)28-24-30-21(14-8-2-1-3-9-14)31-25(32-24)29-20-16-11-5-7-13-18(16)27-23(20)34;;;/h2*1-13H,(H2,26,27,28,29,30,31,32,33,34);2*1H;/q;;;;+2/p-2. The molecule has 4 N–H and O–H groups in total. The number of halogens is 2. The van der Waals surface area contributed by atoms with Gasteiger partial charge >= 0.3 is 16.8 Å². The van der Waals surface area contributed by atoms with Gasteiger partial charge in [0, 0.05) is 33.4 Å². The molecule has 71 heavy (non-hydrogen) atoms. The number of para-hydroxylation sites is 4. The maximum absolute atomic E-state index is 12.5. The number of amides is 4. The van der Waals surface area contributed by atoms with Gasteiger partial charge in [-0.15, -0.1) is 0 Å². The first-order valence-corrected chi connectivity index (χ1v) is 20.9. The van der Waals surface area contributed by atoms with Crippen LogP contribution in [0.4, 0.5) is 46.5 Å². The largest absolute Gasteiger partial charge is 2.00 e. The van der Waals surface area contributed by atoms with E-state index in [1.165, 1.54) is 0 Å². The second kappa shape index (κ2) is 20.7. The predicted octanol–water partition coefficient (Wildman–Crippen LogP) is 1.37. The summed E-state index contributed by atoms with van der Waals surface area (Å²) in [5.41, 5.74) is 7.55. The monoisotopic (exact) mass is 1020 g/mol. The molecule has 18 nitrogen and oxygen atoms in total. The minimum atomic E-state index is -0.347. The first-order valence-electron chi connectivity index (χ1n) is 20.9. The molecular weight excluding hydrogens is 990 g/mol. The Morgan fingerprint density at radius 1 is 0.296 bits per heavy atom. The zero-order valence-corrected chi connectivity index (χ0v) is 38.8. The molecule has 1 radical (unpaired) electrons. The van der Waals surface area contributed by atoms with E-state index in [0.717, 1.165) is 11.1 Å². The molecule has 12 rings (SSSR count). The van der Waals surface area contributed by atoms with Crippen LogP contribution in [0.2, 0.25) is 0 Å². The molecule has 0 spiro atoms. The van der Waals surface area contributed by atoms with Crippen LogP contribution in [0.25, 0.3) is 22.8 Å². The van der Waals surface area contributed by atoms with Crippen molar-refractivity contribution in [2.45, 2.75) is 0 Å². The molecule has 4 aliphatic heterocycles. The smallest absolute Gasteiger partial charge is 1.00 e. The Morgan fingerprint density at radius 3 is 0.775 bits per heavy atom. The molecule has 0 saturated heterocycles. The summed E-state index contributed by atoms with van der Waals surface area (Å²) >= 11 is 0. The number of carbonyl (C=O) groups excluding carboxylic acids is 4. The number of hydrogen-bond acceptors (Lipinski definition) is 14. The number of nitrogens with one attached hydrogen (secondary N) is 4. The Balaban J connectivity index is 0.000000183. The molecule has 0 aliphatic carbocycles. The summed E-state index contributed by atoms with van der Waals surface area (Å²) in [6, 6.07) is 47.6. The van der Waals surface area contributed by atoms with Crippen molar-refractivity contribution in [2.24, 2.45) is 20.0 Å². The van der Waals surface area contributed by atoms with Gasteiger partial charge in [0.1, 0.15) is 22.8 Å². The fourth-order valence-electron chi connectivity index (χ4n) is 7.59. The summed E-state index contributed by atoms with van der Waals surface area (Å²) in [5, 5.41) is 11.1. The summed E-state index contributed by atoms with van der Waals surface area (Å²) in [4.78, 5) is 94.4. The summed E-state index contributed by atoms with van der Waals surface area (Å²) in [7, 11) is 0. The van der Waals surface area contributed by atoms with Crippen molar-refractivity contribution in [3.8, 4) is 22.8 Å². The van der Waals surface area contributed by atoms with E-state index in [2.05, 4.69) is 71.1 Å². The Hall–Kier alpha value is -9.01. The first kappa shape index (κ1) is 48.4. The van der Waals surface area contributed by atoms with E-state index in [9.17, 15) is 19.2 Å². The average molecular weight is 1020 g/mol. The first-order chi connectivity index (χ1) is 33.3. The molecule has 4 amide bonds. The molecule has 0 unspecified atom stereocenters. The Labute approximate surface area is 425 Å². The molecule has 347 valence electrons. The molecule has 0 fully saturated rings. The molecular formula is C50H30Cl2CoN14O4. The van der Waals surface area contributed by atoms with Gasteiger partial charge in [0.2, 0.25) is 0 Å². The minimum absolute atomic E-state index is 0. The number of benzene rings is 6. The third-order valence-electron chi connectivity index (χ3n) is 10.7. The molecule has 4 aliphatic rings. The van der Waals surface area contributed by atoms with E-state index in [1.54, 1.807) is 48.5 Å². The Kier molecular flexibility index (Phi) is 14.1. The van der Waals surface area contributed by atoms with Gasteiger partial charge in [-0.3, -0.25) is 19.2 Å². The maximum atomic E-state index is 12.5. The van der Waals surface area contributed by atoms with Gasteiger partial charge in [0.05, 0.1) is 22.7 Å². The summed E-state index contributed by atoms with van der Waals surface area (Å²) in [5.74, 6) is -0.674. The van der Waals surface area contributed by atoms with Gasteiger partial charge in [0.25, 0.3) is 47.4 Å². The Morgan fingerprint density at radius 2 is 0.521 bits per heavy atom. The number of fused-ring (bicyclic) bond motifs is 4. The third-order valence-corrected chi connectivity index (χ3v) is 10.7. The zero-order valence-electron chi connectivity index (χ0n) is 36.2. The predicted molar refractivity (Wildman–Crippen MR) is 256 cm³/mol. The number of aromatic nitrogens is 6. The molecule has 21 heteroatoms. The number of aliphatic imine (C=N–C) groups is 4. The van der Waals surface area contributed by atoms with Crippen LogP contribution in [0.3, 0.4) is 0 Å². The van der Waals surface area contributed by atoms with Crippen molar-refractivity contribution < 1.29 is 60.8 Å². The molecule has 0 atom stereocenters. The molecule has 0 bridgehead atoms. The third kappa shape index (κ3) is 9.82. The quantitative estimate of drug-likeness (QED) is 0.187. The van der Waals surface area contributed by atoms with Crippen LogP contribution in [0, 0.1) is 0 Å². The van der Waals surface area contributed by atoms with Gasteiger partial charge in [0.15, 0.2) is 11.6 Å². The SMILES string of the molecule is O=C1Nc2ccccc2/C1=N\c1nc(/N=C2/C(=O)Nc3ccccc32)nc(-c2ccccc2)n1.O=C1Nc2ccccc2/C1=N\c1nc(/N=C2/C(=O)Nc3ccccc32)nc(-c2ccccc2)n1.[Cl-].[Cl-].[Co+2]. The van der Waals surface area contributed by atoms with Crippen LogP contribution in [0.5, 0.6) is 0 Å². The number of anilines is 4. The van der Waals surface area contributed by atoms with Crippen molar-refractivity contribution in [1.29, 1.82) is 0 Å². The van der Waals surface area contributed by atoms with Gasteiger partial charge in [-0.1, -0.05) is 133 Å². The summed E-state index contributed by atoms with van der Waals surface area (Å²) in [6.45, 7) is 0. The fraction of sp³-hybridized carbons (Fsp3) is 0. The van der Waals surface area contributed by atoms with Gasteiger partial charge in [-0.05, 0) is 24.3 Å². The van der Waals surface area contributed by atoms with Crippen LogP contribution in [-0.4, -0.2) is 76.4 Å². The van der Waals surface area contributed by atoms with Gasteiger partial charge in [-0.25, -0.2) is 20.0 Å². The van der Waals surface area contributed by atoms with Crippen LogP contribution in [-0.2, 0) is 36.0 Å². The van der Waals surface area contributed by atoms with E-state index in [-0.39, 0.29) is 112 Å². The van der Waals surface area contributed by atoms with E-state index >= 15 is 0 Å². The summed E-state index contributed by atoms with van der Waals surface area (Å²) in [6.07, 6.45) is 0. The van der Waals surface area contributed by atoms with E-state index in [1.807, 2.05) is 109 Å². The van der Waals surface area contributed by atoms with Crippen molar-refractivity contribution in [1.82, 2.24) is 29.9 Å². The topological polar surface area (TPSA) is 243 Å². The normalized spacial score (nSPS) is 15.7. The molecule has 6 heterocycles. The summed E-state index contributed by atoms with van der Waals surface area (Å²) < 4.78 is 0. The van der Waals surface area contributed by atoms with Crippen LogP contribution < -0.4 is 46.1 Å². The Bertz CT molecular complexity index is 3160. The number of carbonyl (C=O) groups is 4. The molecule has 2 aromatic heterocycles. The van der Waals surface area contributed by atoms with E-state index in [4.69, 9.17) is 0 Å². The van der Waals surface area contributed by atoms with E-state index in [0.29, 0.717) is 56.7 Å². The van der Waals surface area contributed by atoms with Crippen molar-refractivity contribution in [3.05, 3.63) is 180 Å². The van der Waals surface area contributed by atoms with E-state index < -0.39 is 0 Å². The van der Waals surface area contributed by atoms with Crippen LogP contribution in [0.15, 0.2) is 178 Å². The van der Waals surface area contributed by atoms with Crippen molar-refractivity contribution >= 4 is 93.0 Å². The number of rotatable bonds is 6. The number of hydrogen-bond donors (Lipinski definition) is 4. The van der Waals surface area contributed by atoms with Crippen LogP contribution in [0.1, 0.15) is 22.3 Å². The van der Waals surface area contributed by atoms with Crippen molar-refractivity contribution in [3.63, 3.8) is 0 Å². The average Bonchev–Trinajstić information content (AvgIpc) is 4.07.